The topological polar surface area (TPSA) is 25.8 Å². The molecule has 1 aromatic heterocycles. The first kappa shape index (κ1) is 7.44. The summed E-state index contributed by atoms with van der Waals surface area (Å²) >= 11 is 11.8. The maximum Gasteiger partial charge on any atom is 0.199 e. The number of halogens is 3. The van der Waals surface area contributed by atoms with Crippen molar-refractivity contribution in [3.63, 3.8) is 0 Å². The zero-order valence-corrected chi connectivity index (χ0v) is 8.03. The molecule has 0 spiro atoms. The lowest BCUT2D eigenvalue weighted by atomic mass is 10.7. The van der Waals surface area contributed by atoms with Crippen LogP contribution in [-0.2, 0) is 0 Å². The van der Waals surface area contributed by atoms with E-state index in [1.165, 1.54) is 0 Å². The number of hydrogen-bond acceptors (Lipinski definition) is 2. The van der Waals surface area contributed by atoms with Crippen LogP contribution in [0.5, 0.6) is 0 Å². The van der Waals surface area contributed by atoms with Crippen LogP contribution in [-0.4, -0.2) is 9.97 Å². The molecule has 1 rings (SSSR count). The zero-order valence-electron chi connectivity index (χ0n) is 4.11. The molecule has 0 fully saturated rings. The predicted octanol–water partition coefficient (Wildman–Crippen LogP) is 2.66. The molecular weight excluding hydrogens is 271 g/mol. The quantitative estimate of drug-likeness (QED) is 0.536. The average Bonchev–Trinajstić information content (AvgIpc) is 1.59. The van der Waals surface area contributed by atoms with Gasteiger partial charge in [0.25, 0.3) is 0 Å². The summed E-state index contributed by atoms with van der Waals surface area (Å²) in [7, 11) is 0. The van der Waals surface area contributed by atoms with E-state index < -0.39 is 0 Å². The van der Waals surface area contributed by atoms with Crippen molar-refractivity contribution in [3.05, 3.63) is 20.6 Å². The van der Waals surface area contributed by atoms with Crippen LogP contribution in [0.1, 0.15) is 0 Å². The maximum atomic E-state index is 5.54. The third-order valence-corrected chi connectivity index (χ3v) is 1.59. The molecule has 0 aromatic carbocycles. The molecule has 0 amide bonds. The van der Waals surface area contributed by atoms with Gasteiger partial charge in [0.1, 0.15) is 9.76 Å². The average molecular weight is 272 g/mol. The van der Waals surface area contributed by atoms with Gasteiger partial charge in [0.15, 0.2) is 4.73 Å². The van der Waals surface area contributed by atoms with E-state index >= 15 is 0 Å². The van der Waals surface area contributed by atoms with Gasteiger partial charge in [0, 0.05) is 6.07 Å². The molecule has 5 heteroatoms. The fraction of sp³-hybridized carbons (Fsp3) is 0. The first-order chi connectivity index (χ1) is 4.18. The molecule has 0 aliphatic heterocycles. The zero-order chi connectivity index (χ0) is 6.85. The molecule has 1 heterocycles. The highest BCUT2D eigenvalue weighted by molar-refractivity contribution is 9.11. The van der Waals surface area contributed by atoms with Gasteiger partial charge in [-0.05, 0) is 31.9 Å². The molecule has 0 radical (unpaired) electrons. The van der Waals surface area contributed by atoms with Crippen LogP contribution in [0.25, 0.3) is 0 Å². The normalized spacial score (nSPS) is 9.67. The van der Waals surface area contributed by atoms with Gasteiger partial charge in [0.2, 0.25) is 0 Å². The van der Waals surface area contributed by atoms with Crippen molar-refractivity contribution in [2.24, 2.45) is 0 Å². The predicted molar refractivity (Wildman–Crippen MR) is 42.4 cm³/mol. The SMILES string of the molecule is Clc1cc(Br)nc(Br)n1. The third kappa shape index (κ3) is 2.20. The van der Waals surface area contributed by atoms with Gasteiger partial charge in [0.05, 0.1) is 0 Å². The van der Waals surface area contributed by atoms with Crippen molar-refractivity contribution in [2.45, 2.75) is 0 Å². The fourth-order valence-electron chi connectivity index (χ4n) is 0.364. The first-order valence-electron chi connectivity index (χ1n) is 2.04. The molecule has 0 atom stereocenters. The van der Waals surface area contributed by atoms with Gasteiger partial charge in [-0.15, -0.1) is 0 Å². The minimum Gasteiger partial charge on any atom is -0.215 e. The van der Waals surface area contributed by atoms with Crippen LogP contribution in [0.4, 0.5) is 0 Å². The Morgan fingerprint density at radius 1 is 1.33 bits per heavy atom. The summed E-state index contributed by atoms with van der Waals surface area (Å²) in [6.45, 7) is 0. The second kappa shape index (κ2) is 2.94. The van der Waals surface area contributed by atoms with E-state index in [9.17, 15) is 0 Å². The molecule has 0 aliphatic rings. The van der Waals surface area contributed by atoms with Gasteiger partial charge in [-0.2, -0.15) is 0 Å². The molecular formula is C4HBr2ClN2. The molecule has 0 aliphatic carbocycles. The molecule has 2 nitrogen and oxygen atoms in total. The Morgan fingerprint density at radius 2 is 2.00 bits per heavy atom. The van der Waals surface area contributed by atoms with Crippen LogP contribution in [0.2, 0.25) is 5.15 Å². The van der Waals surface area contributed by atoms with Crippen LogP contribution in [0.3, 0.4) is 0 Å². The van der Waals surface area contributed by atoms with Crippen molar-refractivity contribution >= 4 is 43.5 Å². The number of hydrogen-bond donors (Lipinski definition) is 0. The van der Waals surface area contributed by atoms with Crippen molar-refractivity contribution < 1.29 is 0 Å². The van der Waals surface area contributed by atoms with Crippen molar-refractivity contribution in [2.75, 3.05) is 0 Å². The number of rotatable bonds is 0. The summed E-state index contributed by atoms with van der Waals surface area (Å²) in [6, 6.07) is 1.62. The Bertz CT molecular complexity index is 177. The first-order valence-corrected chi connectivity index (χ1v) is 4.00. The van der Waals surface area contributed by atoms with Crippen LogP contribution >= 0.6 is 43.5 Å². The molecule has 0 saturated heterocycles. The van der Waals surface area contributed by atoms with E-state index in [1.807, 2.05) is 0 Å². The molecule has 0 unspecified atom stereocenters. The summed E-state index contributed by atoms with van der Waals surface area (Å²) < 4.78 is 1.16. The van der Waals surface area contributed by atoms with Crippen molar-refractivity contribution in [3.8, 4) is 0 Å². The van der Waals surface area contributed by atoms with Gasteiger partial charge in [-0.3, -0.25) is 0 Å². The summed E-state index contributed by atoms with van der Waals surface area (Å²) in [5.74, 6) is 0. The molecule has 1 aromatic rings. The van der Waals surface area contributed by atoms with E-state index in [4.69, 9.17) is 11.6 Å². The Morgan fingerprint density at radius 3 is 2.44 bits per heavy atom. The fourth-order valence-corrected chi connectivity index (χ4v) is 1.79. The van der Waals surface area contributed by atoms with Gasteiger partial charge < -0.3 is 0 Å². The Kier molecular flexibility index (Phi) is 2.43. The highest BCUT2D eigenvalue weighted by Crippen LogP contribution is 2.14. The second-order valence-corrected chi connectivity index (χ2v) is 3.19. The van der Waals surface area contributed by atoms with Crippen molar-refractivity contribution in [1.29, 1.82) is 0 Å². The highest BCUT2D eigenvalue weighted by atomic mass is 79.9. The Balaban J connectivity index is 3.17. The van der Waals surface area contributed by atoms with Gasteiger partial charge >= 0.3 is 0 Å². The molecule has 48 valence electrons. The van der Waals surface area contributed by atoms with Crippen LogP contribution < -0.4 is 0 Å². The van der Waals surface area contributed by atoms with Crippen LogP contribution in [0, 0.1) is 0 Å². The van der Waals surface area contributed by atoms with E-state index in [1.54, 1.807) is 6.07 Å². The minimum atomic E-state index is 0.420. The summed E-state index contributed by atoms with van der Waals surface area (Å²) in [5, 5.41) is 0.420. The molecule has 9 heavy (non-hydrogen) atoms. The maximum absolute atomic E-state index is 5.54. The monoisotopic (exact) mass is 270 g/mol. The molecule has 0 N–H and O–H groups in total. The van der Waals surface area contributed by atoms with E-state index in [2.05, 4.69) is 41.8 Å². The Labute approximate surface area is 73.9 Å². The minimum absolute atomic E-state index is 0.420. The lowest BCUT2D eigenvalue weighted by Crippen LogP contribution is -1.82. The number of aromatic nitrogens is 2. The lowest BCUT2D eigenvalue weighted by molar-refractivity contribution is 1.09. The van der Waals surface area contributed by atoms with Crippen molar-refractivity contribution in [1.82, 2.24) is 9.97 Å². The summed E-state index contributed by atoms with van der Waals surface area (Å²) in [6.07, 6.45) is 0. The highest BCUT2D eigenvalue weighted by Gasteiger charge is 1.95. The van der Waals surface area contributed by atoms with E-state index in [-0.39, 0.29) is 0 Å². The lowest BCUT2D eigenvalue weighted by Gasteiger charge is -1.90. The summed E-state index contributed by atoms with van der Waals surface area (Å²) in [4.78, 5) is 7.65. The van der Waals surface area contributed by atoms with E-state index in [0.717, 1.165) is 0 Å². The number of nitrogens with zero attached hydrogens (tertiary/aromatic N) is 2. The van der Waals surface area contributed by atoms with Gasteiger partial charge in [-0.1, -0.05) is 11.6 Å². The summed E-state index contributed by atoms with van der Waals surface area (Å²) in [5.41, 5.74) is 0. The smallest absolute Gasteiger partial charge is 0.199 e. The second-order valence-electron chi connectivity index (χ2n) is 1.28. The van der Waals surface area contributed by atoms with Crippen LogP contribution in [0.15, 0.2) is 15.4 Å². The largest absolute Gasteiger partial charge is 0.215 e. The van der Waals surface area contributed by atoms with Gasteiger partial charge in [-0.25, -0.2) is 9.97 Å². The third-order valence-electron chi connectivity index (χ3n) is 0.636. The standard InChI is InChI=1S/C4HBr2ClN2/c5-2-1-3(7)9-4(6)8-2/h1H. The molecule has 0 bridgehead atoms. The Hall–Kier alpha value is 0.330. The van der Waals surface area contributed by atoms with E-state index in [0.29, 0.717) is 14.5 Å². The molecule has 0 saturated carbocycles.